The van der Waals surface area contributed by atoms with Crippen molar-refractivity contribution in [1.29, 1.82) is 0 Å². The molecular weight excluding hydrogens is 222 g/mol. The van der Waals surface area contributed by atoms with Gasteiger partial charge in [-0.15, -0.1) is 5.10 Å². The molecular formula is C7H11N3O2S2. The first-order chi connectivity index (χ1) is 6.66. The molecule has 1 saturated heterocycles. The third kappa shape index (κ3) is 2.49. The van der Waals surface area contributed by atoms with Gasteiger partial charge < -0.3 is 5.32 Å². The van der Waals surface area contributed by atoms with Crippen LogP contribution in [0, 0.1) is 0 Å². The van der Waals surface area contributed by atoms with Crippen LogP contribution in [-0.4, -0.2) is 35.6 Å². The highest BCUT2D eigenvalue weighted by molar-refractivity contribution is 7.91. The monoisotopic (exact) mass is 233 g/mol. The maximum atomic E-state index is 11.1. The Morgan fingerprint density at radius 3 is 3.07 bits per heavy atom. The Labute approximate surface area is 86.6 Å². The fourth-order valence-corrected chi connectivity index (χ4v) is 3.62. The molecule has 0 aromatic carbocycles. The minimum absolute atomic E-state index is 0.0992. The number of sulfone groups is 1. The minimum atomic E-state index is -2.78. The third-order valence-corrected chi connectivity index (χ3v) is 4.63. The Kier molecular flexibility index (Phi) is 2.80. The van der Waals surface area contributed by atoms with Crippen molar-refractivity contribution in [3.63, 3.8) is 0 Å². The van der Waals surface area contributed by atoms with Gasteiger partial charge in [-0.05, 0) is 18.0 Å². The highest BCUT2D eigenvalue weighted by Gasteiger charge is 2.27. The fourth-order valence-electron chi connectivity index (χ4n) is 1.47. The van der Waals surface area contributed by atoms with E-state index in [1.54, 1.807) is 6.20 Å². The summed E-state index contributed by atoms with van der Waals surface area (Å²) in [5, 5.41) is 6.90. The molecule has 78 valence electrons. The van der Waals surface area contributed by atoms with E-state index < -0.39 is 9.84 Å². The Bertz CT molecular complexity index is 387. The molecule has 1 fully saturated rings. The van der Waals surface area contributed by atoms with Crippen molar-refractivity contribution in [1.82, 2.24) is 14.9 Å². The molecule has 1 aromatic rings. The summed E-state index contributed by atoms with van der Waals surface area (Å²) in [7, 11) is -2.78. The molecule has 2 rings (SSSR count). The minimum Gasteiger partial charge on any atom is -0.308 e. The van der Waals surface area contributed by atoms with Gasteiger partial charge in [-0.2, -0.15) is 0 Å². The van der Waals surface area contributed by atoms with Crippen LogP contribution in [0.15, 0.2) is 6.20 Å². The van der Waals surface area contributed by atoms with Gasteiger partial charge in [0.2, 0.25) is 0 Å². The van der Waals surface area contributed by atoms with Crippen molar-refractivity contribution < 1.29 is 8.42 Å². The summed E-state index contributed by atoms with van der Waals surface area (Å²) >= 11 is 1.33. The molecule has 0 bridgehead atoms. The number of aromatic nitrogens is 2. The standard InChI is InChI=1S/C7H11N3O2S2/c11-14(12)2-1-6(5-14)8-3-7-4-9-10-13-7/h4,6,8H,1-3,5H2. The molecule has 1 aromatic heterocycles. The van der Waals surface area contributed by atoms with Gasteiger partial charge in [-0.1, -0.05) is 4.49 Å². The smallest absolute Gasteiger partial charge is 0.151 e. The van der Waals surface area contributed by atoms with Crippen LogP contribution >= 0.6 is 11.5 Å². The Hall–Kier alpha value is -0.530. The number of hydrogen-bond acceptors (Lipinski definition) is 6. The maximum absolute atomic E-state index is 11.1. The fraction of sp³-hybridized carbons (Fsp3) is 0.714. The topological polar surface area (TPSA) is 72.0 Å². The lowest BCUT2D eigenvalue weighted by atomic mass is 10.2. The van der Waals surface area contributed by atoms with E-state index in [1.807, 2.05) is 0 Å². The zero-order valence-corrected chi connectivity index (χ0v) is 9.14. The average Bonchev–Trinajstić information content (AvgIpc) is 2.70. The van der Waals surface area contributed by atoms with E-state index in [2.05, 4.69) is 14.9 Å². The quantitative estimate of drug-likeness (QED) is 0.784. The summed E-state index contributed by atoms with van der Waals surface area (Å²) in [6.45, 7) is 0.665. The summed E-state index contributed by atoms with van der Waals surface area (Å²) < 4.78 is 26.0. The highest BCUT2D eigenvalue weighted by atomic mass is 32.2. The summed E-state index contributed by atoms with van der Waals surface area (Å²) in [5.74, 6) is 0.574. The van der Waals surface area contributed by atoms with Crippen LogP contribution in [0.5, 0.6) is 0 Å². The molecule has 1 aliphatic rings. The van der Waals surface area contributed by atoms with E-state index in [9.17, 15) is 8.42 Å². The van der Waals surface area contributed by atoms with Gasteiger partial charge in [0.05, 0.1) is 22.6 Å². The summed E-state index contributed by atoms with van der Waals surface area (Å²) in [6.07, 6.45) is 2.41. The first-order valence-electron chi connectivity index (χ1n) is 4.36. The second-order valence-electron chi connectivity index (χ2n) is 3.36. The van der Waals surface area contributed by atoms with E-state index in [1.165, 1.54) is 11.5 Å². The van der Waals surface area contributed by atoms with Crippen molar-refractivity contribution >= 4 is 21.4 Å². The van der Waals surface area contributed by atoms with Gasteiger partial charge in [-0.3, -0.25) is 0 Å². The van der Waals surface area contributed by atoms with Crippen LogP contribution in [0.1, 0.15) is 11.3 Å². The number of rotatable bonds is 3. The number of nitrogens with one attached hydrogen (secondary N) is 1. The Morgan fingerprint density at radius 2 is 2.50 bits per heavy atom. The molecule has 1 aliphatic heterocycles. The zero-order chi connectivity index (χ0) is 10.0. The number of hydrogen-bond donors (Lipinski definition) is 1. The highest BCUT2D eigenvalue weighted by Crippen LogP contribution is 2.12. The van der Waals surface area contributed by atoms with Gasteiger partial charge in [-0.25, -0.2) is 8.42 Å². The molecule has 0 spiro atoms. The van der Waals surface area contributed by atoms with Crippen LogP contribution in [-0.2, 0) is 16.4 Å². The molecule has 1 N–H and O–H groups in total. The first kappa shape index (κ1) is 10.0. The van der Waals surface area contributed by atoms with E-state index in [0.29, 0.717) is 18.7 Å². The predicted molar refractivity (Wildman–Crippen MR) is 53.8 cm³/mol. The van der Waals surface area contributed by atoms with Crippen LogP contribution in [0.25, 0.3) is 0 Å². The van der Waals surface area contributed by atoms with Crippen molar-refractivity contribution in [2.24, 2.45) is 0 Å². The van der Waals surface area contributed by atoms with Crippen LogP contribution in [0.3, 0.4) is 0 Å². The molecule has 1 atom stereocenters. The van der Waals surface area contributed by atoms with Gasteiger partial charge >= 0.3 is 0 Å². The molecule has 0 saturated carbocycles. The van der Waals surface area contributed by atoms with E-state index in [-0.39, 0.29) is 11.8 Å². The first-order valence-corrected chi connectivity index (χ1v) is 6.95. The van der Waals surface area contributed by atoms with E-state index in [0.717, 1.165) is 4.88 Å². The molecule has 0 aliphatic carbocycles. The molecule has 2 heterocycles. The van der Waals surface area contributed by atoms with Crippen molar-refractivity contribution in [2.75, 3.05) is 11.5 Å². The summed E-state index contributed by atoms with van der Waals surface area (Å²) in [6, 6.07) is 0.0992. The third-order valence-electron chi connectivity index (χ3n) is 2.20. The molecule has 5 nitrogen and oxygen atoms in total. The van der Waals surface area contributed by atoms with E-state index >= 15 is 0 Å². The molecule has 0 amide bonds. The van der Waals surface area contributed by atoms with Gasteiger partial charge in [0.1, 0.15) is 0 Å². The van der Waals surface area contributed by atoms with Crippen molar-refractivity contribution in [3.05, 3.63) is 11.1 Å². The lowest BCUT2D eigenvalue weighted by molar-refractivity contribution is 0.557. The SMILES string of the molecule is O=S1(=O)CCC(NCc2cnns2)C1. The van der Waals surface area contributed by atoms with Gasteiger partial charge in [0.15, 0.2) is 9.84 Å². The summed E-state index contributed by atoms with van der Waals surface area (Å²) in [4.78, 5) is 1.04. The second-order valence-corrected chi connectivity index (χ2v) is 6.46. The Balaban J connectivity index is 1.83. The van der Waals surface area contributed by atoms with Gasteiger partial charge in [0.25, 0.3) is 0 Å². The normalized spacial score (nSPS) is 25.3. The lowest BCUT2D eigenvalue weighted by Gasteiger charge is -2.07. The maximum Gasteiger partial charge on any atom is 0.151 e. The molecule has 1 unspecified atom stereocenters. The van der Waals surface area contributed by atoms with Crippen LogP contribution in [0.4, 0.5) is 0 Å². The largest absolute Gasteiger partial charge is 0.308 e. The van der Waals surface area contributed by atoms with Crippen LogP contribution < -0.4 is 5.32 Å². The predicted octanol–water partition coefficient (Wildman–Crippen LogP) is -0.185. The number of nitrogens with zero attached hydrogens (tertiary/aromatic N) is 2. The molecule has 0 radical (unpaired) electrons. The molecule has 7 heteroatoms. The van der Waals surface area contributed by atoms with Crippen molar-refractivity contribution in [3.8, 4) is 0 Å². The lowest BCUT2D eigenvalue weighted by Crippen LogP contribution is -2.29. The zero-order valence-electron chi connectivity index (χ0n) is 7.51. The average molecular weight is 233 g/mol. The van der Waals surface area contributed by atoms with Gasteiger partial charge in [0, 0.05) is 12.6 Å². The Morgan fingerprint density at radius 1 is 1.64 bits per heavy atom. The molecule has 14 heavy (non-hydrogen) atoms. The van der Waals surface area contributed by atoms with E-state index in [4.69, 9.17) is 0 Å². The van der Waals surface area contributed by atoms with Crippen LogP contribution in [0.2, 0.25) is 0 Å². The summed E-state index contributed by atoms with van der Waals surface area (Å²) in [5.41, 5.74) is 0. The van der Waals surface area contributed by atoms with Crippen molar-refractivity contribution in [2.45, 2.75) is 19.0 Å². The second kappa shape index (κ2) is 3.92.